The molecule has 1 saturated heterocycles. The second-order valence-corrected chi connectivity index (χ2v) is 5.98. The van der Waals surface area contributed by atoms with Gasteiger partial charge in [-0.1, -0.05) is 6.07 Å². The summed E-state index contributed by atoms with van der Waals surface area (Å²) in [6.07, 6.45) is 0.596. The van der Waals surface area contributed by atoms with Gasteiger partial charge >= 0.3 is 0 Å². The van der Waals surface area contributed by atoms with E-state index < -0.39 is 9.84 Å². The lowest BCUT2D eigenvalue weighted by atomic mass is 10.2. The Bertz CT molecular complexity index is 458. The number of benzene rings is 1. The standard InChI is InChI=1S/C10H12FNO2S/c11-8-2-1-3-9(6-8)12-10-4-5-15(13,14)7-10/h1-3,6,10,12H,4-5,7H2. The summed E-state index contributed by atoms with van der Waals surface area (Å²) in [6, 6.07) is 5.97. The van der Waals surface area contributed by atoms with E-state index in [1.165, 1.54) is 12.1 Å². The normalized spacial score (nSPS) is 23.9. The Morgan fingerprint density at radius 1 is 1.40 bits per heavy atom. The van der Waals surface area contributed by atoms with Crippen molar-refractivity contribution in [1.29, 1.82) is 0 Å². The zero-order valence-corrected chi connectivity index (χ0v) is 8.93. The van der Waals surface area contributed by atoms with Crippen LogP contribution in [-0.4, -0.2) is 26.0 Å². The number of anilines is 1. The van der Waals surface area contributed by atoms with Crippen LogP contribution in [0.1, 0.15) is 6.42 Å². The topological polar surface area (TPSA) is 46.2 Å². The maximum absolute atomic E-state index is 12.8. The lowest BCUT2D eigenvalue weighted by Crippen LogP contribution is -2.20. The summed E-state index contributed by atoms with van der Waals surface area (Å²) in [7, 11) is -2.88. The zero-order chi connectivity index (χ0) is 10.9. The molecule has 5 heteroatoms. The number of nitrogens with one attached hydrogen (secondary N) is 1. The van der Waals surface area contributed by atoms with Crippen LogP contribution in [0, 0.1) is 5.82 Å². The first kappa shape index (κ1) is 10.4. The molecule has 1 N–H and O–H groups in total. The molecule has 1 aromatic rings. The molecule has 0 bridgehead atoms. The van der Waals surface area contributed by atoms with E-state index in [-0.39, 0.29) is 23.4 Å². The second-order valence-electron chi connectivity index (χ2n) is 3.75. The van der Waals surface area contributed by atoms with Gasteiger partial charge in [-0.05, 0) is 24.6 Å². The van der Waals surface area contributed by atoms with Crippen LogP contribution in [0.5, 0.6) is 0 Å². The van der Waals surface area contributed by atoms with Crippen LogP contribution in [0.3, 0.4) is 0 Å². The summed E-state index contributed by atoms with van der Waals surface area (Å²) in [5.41, 5.74) is 0.636. The van der Waals surface area contributed by atoms with E-state index in [9.17, 15) is 12.8 Å². The Hall–Kier alpha value is -1.10. The van der Waals surface area contributed by atoms with Gasteiger partial charge in [-0.25, -0.2) is 12.8 Å². The van der Waals surface area contributed by atoms with Gasteiger partial charge in [0.1, 0.15) is 5.82 Å². The number of hydrogen-bond donors (Lipinski definition) is 1. The van der Waals surface area contributed by atoms with Gasteiger partial charge in [-0.3, -0.25) is 0 Å². The molecule has 1 atom stereocenters. The molecule has 1 heterocycles. The van der Waals surface area contributed by atoms with Crippen molar-refractivity contribution < 1.29 is 12.8 Å². The van der Waals surface area contributed by atoms with Crippen molar-refractivity contribution in [3.05, 3.63) is 30.1 Å². The average molecular weight is 229 g/mol. The van der Waals surface area contributed by atoms with Crippen LogP contribution in [-0.2, 0) is 9.84 Å². The third-order valence-electron chi connectivity index (χ3n) is 2.43. The highest BCUT2D eigenvalue weighted by molar-refractivity contribution is 7.91. The maximum Gasteiger partial charge on any atom is 0.152 e. The summed E-state index contributed by atoms with van der Waals surface area (Å²) in [5, 5.41) is 3.02. The first-order valence-electron chi connectivity index (χ1n) is 4.78. The molecule has 1 aliphatic heterocycles. The molecular weight excluding hydrogens is 217 g/mol. The van der Waals surface area contributed by atoms with Crippen molar-refractivity contribution >= 4 is 15.5 Å². The van der Waals surface area contributed by atoms with Gasteiger partial charge < -0.3 is 5.32 Å². The Morgan fingerprint density at radius 2 is 2.20 bits per heavy atom. The van der Waals surface area contributed by atoms with Crippen molar-refractivity contribution in [3.63, 3.8) is 0 Å². The van der Waals surface area contributed by atoms with E-state index in [1.54, 1.807) is 12.1 Å². The monoisotopic (exact) mass is 229 g/mol. The van der Waals surface area contributed by atoms with Gasteiger partial charge in [0, 0.05) is 11.7 Å². The highest BCUT2D eigenvalue weighted by Crippen LogP contribution is 2.17. The third-order valence-corrected chi connectivity index (χ3v) is 4.20. The summed E-state index contributed by atoms with van der Waals surface area (Å²) in [6.45, 7) is 0. The minimum Gasteiger partial charge on any atom is -0.381 e. The van der Waals surface area contributed by atoms with Crippen LogP contribution in [0.2, 0.25) is 0 Å². The van der Waals surface area contributed by atoms with Crippen LogP contribution in [0.25, 0.3) is 0 Å². The van der Waals surface area contributed by atoms with Gasteiger partial charge in [0.15, 0.2) is 9.84 Å². The molecule has 0 spiro atoms. The van der Waals surface area contributed by atoms with Crippen molar-refractivity contribution in [2.75, 3.05) is 16.8 Å². The van der Waals surface area contributed by atoms with E-state index in [4.69, 9.17) is 0 Å². The summed E-state index contributed by atoms with van der Waals surface area (Å²) in [5.74, 6) is 0.0459. The zero-order valence-electron chi connectivity index (χ0n) is 8.11. The van der Waals surface area contributed by atoms with Crippen LogP contribution < -0.4 is 5.32 Å². The smallest absolute Gasteiger partial charge is 0.152 e. The number of hydrogen-bond acceptors (Lipinski definition) is 3. The van der Waals surface area contributed by atoms with E-state index in [0.29, 0.717) is 12.1 Å². The number of sulfone groups is 1. The first-order valence-corrected chi connectivity index (χ1v) is 6.60. The summed E-state index contributed by atoms with van der Waals surface area (Å²) >= 11 is 0. The van der Waals surface area contributed by atoms with Crippen LogP contribution in [0.15, 0.2) is 24.3 Å². The molecule has 0 radical (unpaired) electrons. The Morgan fingerprint density at radius 3 is 2.80 bits per heavy atom. The Balaban J connectivity index is 2.05. The highest BCUT2D eigenvalue weighted by atomic mass is 32.2. The SMILES string of the molecule is O=S1(=O)CCC(Nc2cccc(F)c2)C1. The minimum atomic E-state index is -2.88. The van der Waals surface area contributed by atoms with Crippen LogP contribution in [0.4, 0.5) is 10.1 Å². The van der Waals surface area contributed by atoms with Gasteiger partial charge in [0.05, 0.1) is 11.5 Å². The van der Waals surface area contributed by atoms with E-state index in [0.717, 1.165) is 0 Å². The van der Waals surface area contributed by atoms with Gasteiger partial charge in [0.2, 0.25) is 0 Å². The van der Waals surface area contributed by atoms with E-state index in [1.807, 2.05) is 0 Å². The molecule has 0 saturated carbocycles. The molecule has 1 unspecified atom stereocenters. The molecule has 3 nitrogen and oxygen atoms in total. The fraction of sp³-hybridized carbons (Fsp3) is 0.400. The molecule has 0 aromatic heterocycles. The van der Waals surface area contributed by atoms with Crippen molar-refractivity contribution in [2.45, 2.75) is 12.5 Å². The van der Waals surface area contributed by atoms with Gasteiger partial charge in [-0.15, -0.1) is 0 Å². The van der Waals surface area contributed by atoms with Gasteiger partial charge in [0.25, 0.3) is 0 Å². The molecule has 1 aromatic carbocycles. The average Bonchev–Trinajstić information content (AvgIpc) is 2.45. The quantitative estimate of drug-likeness (QED) is 0.834. The molecule has 82 valence electrons. The lowest BCUT2D eigenvalue weighted by Gasteiger charge is -2.11. The highest BCUT2D eigenvalue weighted by Gasteiger charge is 2.27. The van der Waals surface area contributed by atoms with Crippen molar-refractivity contribution in [1.82, 2.24) is 0 Å². The minimum absolute atomic E-state index is 0.0863. The fourth-order valence-corrected chi connectivity index (χ4v) is 3.40. The predicted molar refractivity (Wildman–Crippen MR) is 57.1 cm³/mol. The molecular formula is C10H12FNO2S. The van der Waals surface area contributed by atoms with E-state index >= 15 is 0 Å². The maximum atomic E-state index is 12.8. The van der Waals surface area contributed by atoms with Crippen LogP contribution >= 0.6 is 0 Å². The Kier molecular flexibility index (Phi) is 2.65. The molecule has 0 amide bonds. The second kappa shape index (κ2) is 3.81. The largest absolute Gasteiger partial charge is 0.381 e. The molecule has 1 aliphatic rings. The van der Waals surface area contributed by atoms with Gasteiger partial charge in [-0.2, -0.15) is 0 Å². The number of halogens is 1. The molecule has 1 fully saturated rings. The van der Waals surface area contributed by atoms with E-state index in [2.05, 4.69) is 5.32 Å². The Labute approximate surface area is 88.2 Å². The summed E-state index contributed by atoms with van der Waals surface area (Å²) < 4.78 is 35.2. The summed E-state index contributed by atoms with van der Waals surface area (Å²) in [4.78, 5) is 0. The van der Waals surface area contributed by atoms with Crippen molar-refractivity contribution in [3.8, 4) is 0 Å². The van der Waals surface area contributed by atoms with Crippen molar-refractivity contribution in [2.24, 2.45) is 0 Å². The molecule has 2 rings (SSSR count). The fourth-order valence-electron chi connectivity index (χ4n) is 1.72. The lowest BCUT2D eigenvalue weighted by molar-refractivity contribution is 0.602. The molecule has 0 aliphatic carbocycles. The third kappa shape index (κ3) is 2.68. The molecule has 15 heavy (non-hydrogen) atoms. The number of rotatable bonds is 2. The predicted octanol–water partition coefficient (Wildman–Crippen LogP) is 1.42. The first-order chi connectivity index (χ1) is 7.05.